The predicted octanol–water partition coefficient (Wildman–Crippen LogP) is 5.63. The summed E-state index contributed by atoms with van der Waals surface area (Å²) in [5.74, 6) is -2.88. The minimum absolute atomic E-state index is 0.000671. The number of azide groups is 1. The smallest absolute Gasteiger partial charge is 0.338 e. The van der Waals surface area contributed by atoms with E-state index in [2.05, 4.69) is 10.0 Å². The van der Waals surface area contributed by atoms with E-state index in [0.29, 0.717) is 5.56 Å². The summed E-state index contributed by atoms with van der Waals surface area (Å²) < 4.78 is 47.6. The topological polar surface area (TPSA) is 191 Å². The maximum Gasteiger partial charge on any atom is 0.338 e. The van der Waals surface area contributed by atoms with Crippen molar-refractivity contribution in [2.45, 2.75) is 62.0 Å². The first-order chi connectivity index (χ1) is 27.3. The molecule has 0 N–H and O–H groups in total. The molecule has 0 spiro atoms. The summed E-state index contributed by atoms with van der Waals surface area (Å²) in [6, 6.07) is 32.6. The molecule has 4 aromatic rings. The van der Waals surface area contributed by atoms with Crippen LogP contribution in [-0.2, 0) is 49.3 Å². The lowest BCUT2D eigenvalue weighted by atomic mass is 9.97. The summed E-state index contributed by atoms with van der Waals surface area (Å²) in [5.41, 5.74) is 11.3. The maximum absolute atomic E-state index is 13.4. The minimum atomic E-state index is -1.55. The average molecular weight is 766 g/mol. The summed E-state index contributed by atoms with van der Waals surface area (Å²) >= 11 is 0. The molecule has 0 aromatic heterocycles. The number of hydrogen-bond donors (Lipinski definition) is 0. The zero-order valence-electron chi connectivity index (χ0n) is 30.2. The van der Waals surface area contributed by atoms with Gasteiger partial charge in [-0.3, -0.25) is 0 Å². The van der Waals surface area contributed by atoms with Crippen LogP contribution in [0.3, 0.4) is 0 Å². The lowest BCUT2D eigenvalue weighted by molar-refractivity contribution is -0.297. The van der Waals surface area contributed by atoms with Gasteiger partial charge in [-0.2, -0.15) is 0 Å². The molecule has 2 aliphatic rings. The number of carbonyl (C=O) groups excluding carboxylic acids is 4. The second-order valence-corrected chi connectivity index (χ2v) is 12.8. The van der Waals surface area contributed by atoms with E-state index in [0.717, 1.165) is 5.56 Å². The van der Waals surface area contributed by atoms with Crippen molar-refractivity contribution < 1.29 is 57.1 Å². The lowest BCUT2D eigenvalue weighted by Crippen LogP contribution is -2.62. The van der Waals surface area contributed by atoms with Gasteiger partial charge in [0.1, 0.15) is 31.0 Å². The van der Waals surface area contributed by atoms with E-state index in [9.17, 15) is 24.7 Å². The summed E-state index contributed by atoms with van der Waals surface area (Å²) in [6.45, 7) is -0.597. The maximum atomic E-state index is 13.4. The SMILES string of the molecule is COC(=O)C1OCC(OC(=O)c2ccccc2)C(OCc2ccccc2)C1OC1OC(COC(=O)c2ccccc2)CC(OC(=O)c2ccccc2)C1N=[N+]=[N-]. The normalized spacial score (nSPS) is 24.4. The number of esters is 4. The van der Waals surface area contributed by atoms with Crippen molar-refractivity contribution in [3.05, 3.63) is 154 Å². The largest absolute Gasteiger partial charge is 0.467 e. The Balaban J connectivity index is 1.33. The summed E-state index contributed by atoms with van der Waals surface area (Å²) in [5, 5.41) is 3.91. The lowest BCUT2D eigenvalue weighted by Gasteiger charge is -2.45. The van der Waals surface area contributed by atoms with Gasteiger partial charge in [0.25, 0.3) is 0 Å². The zero-order valence-corrected chi connectivity index (χ0v) is 30.2. The Kier molecular flexibility index (Phi) is 13.8. The van der Waals surface area contributed by atoms with Gasteiger partial charge in [0.05, 0.1) is 43.1 Å². The second kappa shape index (κ2) is 19.5. The molecule has 15 nitrogen and oxygen atoms in total. The van der Waals surface area contributed by atoms with Crippen LogP contribution in [0.1, 0.15) is 43.1 Å². The van der Waals surface area contributed by atoms with Gasteiger partial charge in [-0.25, -0.2) is 19.2 Å². The number of carbonyl (C=O) groups is 4. The fourth-order valence-electron chi connectivity index (χ4n) is 6.28. The van der Waals surface area contributed by atoms with E-state index in [-0.39, 0.29) is 37.4 Å². The fraction of sp³-hybridized carbons (Fsp3) is 0.317. The molecule has 0 aliphatic carbocycles. The molecular weight excluding hydrogens is 726 g/mol. The first kappa shape index (κ1) is 39.6. The Morgan fingerprint density at radius 1 is 0.732 bits per heavy atom. The molecule has 2 fully saturated rings. The highest BCUT2D eigenvalue weighted by atomic mass is 16.7. The molecule has 8 unspecified atom stereocenters. The standard InChI is InChI=1S/C41H39N3O12/c1-49-40(48)36-35(34(50-23-26-14-6-2-7-15-26)32(25-51-36)55-39(47)29-20-12-5-13-21-29)56-41-33(43-44-42)31(54-38(46)28-18-10-4-11-19-28)22-30(53-41)24-52-37(45)27-16-8-3-9-17-27/h2-21,30-36,41H,22-25H2,1H3. The first-order valence-corrected chi connectivity index (χ1v) is 17.8. The fourth-order valence-corrected chi connectivity index (χ4v) is 6.28. The van der Waals surface area contributed by atoms with Crippen LogP contribution in [0, 0.1) is 0 Å². The highest BCUT2D eigenvalue weighted by molar-refractivity contribution is 5.90. The van der Waals surface area contributed by atoms with Gasteiger partial charge in [0, 0.05) is 11.3 Å². The third kappa shape index (κ3) is 10.2. The van der Waals surface area contributed by atoms with Crippen LogP contribution in [0.25, 0.3) is 10.4 Å². The molecule has 290 valence electrons. The van der Waals surface area contributed by atoms with Gasteiger partial charge in [0.2, 0.25) is 0 Å². The third-order valence-corrected chi connectivity index (χ3v) is 9.05. The van der Waals surface area contributed by atoms with Gasteiger partial charge in [-0.05, 0) is 47.5 Å². The third-order valence-electron chi connectivity index (χ3n) is 9.05. The molecule has 8 atom stereocenters. The molecule has 56 heavy (non-hydrogen) atoms. The number of methoxy groups -OCH3 is 1. The van der Waals surface area contributed by atoms with Gasteiger partial charge in [0.15, 0.2) is 18.5 Å². The number of hydrogen-bond acceptors (Lipinski definition) is 13. The number of nitrogens with zero attached hydrogens (tertiary/aromatic N) is 3. The molecule has 6 rings (SSSR count). The number of rotatable bonds is 14. The number of benzene rings is 4. The highest BCUT2D eigenvalue weighted by Crippen LogP contribution is 2.33. The van der Waals surface area contributed by atoms with Crippen LogP contribution < -0.4 is 0 Å². The minimum Gasteiger partial charge on any atom is -0.467 e. The molecule has 0 amide bonds. The predicted molar refractivity (Wildman–Crippen MR) is 196 cm³/mol. The molecule has 2 aliphatic heterocycles. The van der Waals surface area contributed by atoms with E-state index in [4.69, 9.17) is 37.9 Å². The average Bonchev–Trinajstić information content (AvgIpc) is 3.24. The van der Waals surface area contributed by atoms with Crippen molar-refractivity contribution >= 4 is 23.9 Å². The molecular formula is C41H39N3O12. The van der Waals surface area contributed by atoms with E-state index in [1.807, 2.05) is 30.3 Å². The van der Waals surface area contributed by atoms with Crippen LogP contribution >= 0.6 is 0 Å². The Bertz CT molecular complexity index is 1970. The first-order valence-electron chi connectivity index (χ1n) is 17.8. The van der Waals surface area contributed by atoms with E-state index < -0.39 is 72.8 Å². The van der Waals surface area contributed by atoms with Gasteiger partial charge in [-0.1, -0.05) is 90.0 Å². The van der Waals surface area contributed by atoms with Gasteiger partial charge < -0.3 is 37.9 Å². The van der Waals surface area contributed by atoms with Crippen molar-refractivity contribution in [2.24, 2.45) is 5.11 Å². The van der Waals surface area contributed by atoms with Crippen molar-refractivity contribution in [1.29, 1.82) is 0 Å². The van der Waals surface area contributed by atoms with Gasteiger partial charge in [-0.15, -0.1) is 0 Å². The van der Waals surface area contributed by atoms with Crippen molar-refractivity contribution in [3.63, 3.8) is 0 Å². The summed E-state index contributed by atoms with van der Waals surface area (Å²) in [6.07, 6.45) is -8.98. The van der Waals surface area contributed by atoms with E-state index in [1.54, 1.807) is 91.0 Å². The van der Waals surface area contributed by atoms with Crippen molar-refractivity contribution in [3.8, 4) is 0 Å². The summed E-state index contributed by atoms with van der Waals surface area (Å²) in [4.78, 5) is 55.9. The van der Waals surface area contributed by atoms with E-state index in [1.165, 1.54) is 7.11 Å². The molecule has 4 aromatic carbocycles. The quantitative estimate of drug-likeness (QED) is 0.0506. The van der Waals surface area contributed by atoms with Gasteiger partial charge >= 0.3 is 23.9 Å². The van der Waals surface area contributed by atoms with Crippen LogP contribution in [0.4, 0.5) is 0 Å². The Labute approximate surface area is 321 Å². The number of ether oxygens (including phenoxy) is 8. The Morgan fingerprint density at radius 2 is 1.27 bits per heavy atom. The van der Waals surface area contributed by atoms with Crippen molar-refractivity contribution in [2.75, 3.05) is 20.3 Å². The second-order valence-electron chi connectivity index (χ2n) is 12.8. The van der Waals surface area contributed by atoms with Crippen LogP contribution in [0.15, 0.2) is 126 Å². The highest BCUT2D eigenvalue weighted by Gasteiger charge is 2.52. The zero-order chi connectivity index (χ0) is 39.3. The summed E-state index contributed by atoms with van der Waals surface area (Å²) in [7, 11) is 1.17. The molecule has 0 radical (unpaired) electrons. The molecule has 0 bridgehead atoms. The van der Waals surface area contributed by atoms with Crippen molar-refractivity contribution in [1.82, 2.24) is 0 Å². The van der Waals surface area contributed by atoms with Crippen LogP contribution in [-0.4, -0.2) is 93.2 Å². The molecule has 2 heterocycles. The molecule has 15 heteroatoms. The van der Waals surface area contributed by atoms with E-state index >= 15 is 0 Å². The molecule has 2 saturated heterocycles. The van der Waals surface area contributed by atoms with Crippen LogP contribution in [0.5, 0.6) is 0 Å². The Morgan fingerprint density at radius 3 is 1.82 bits per heavy atom. The Hall–Kier alpha value is -6.09. The molecule has 0 saturated carbocycles. The van der Waals surface area contributed by atoms with Crippen LogP contribution in [0.2, 0.25) is 0 Å². The monoisotopic (exact) mass is 765 g/mol.